The first kappa shape index (κ1) is 33.6. The maximum atomic E-state index is 16.5. The van der Waals surface area contributed by atoms with Crippen LogP contribution < -0.4 is 15.2 Å². The van der Waals surface area contributed by atoms with Crippen molar-refractivity contribution in [1.82, 2.24) is 19.6 Å². The molecule has 1 N–H and O–H groups in total. The second-order valence-electron chi connectivity index (χ2n) is 13.5. The number of aromatic nitrogens is 4. The van der Waals surface area contributed by atoms with E-state index >= 15 is 4.11 Å². The van der Waals surface area contributed by atoms with Crippen molar-refractivity contribution in [1.29, 1.82) is 0 Å². The number of carbonyl (C=O) groups excluding carboxylic acids is 1. The average molecular weight is 694 g/mol. The van der Waals surface area contributed by atoms with E-state index in [4.69, 9.17) is 9.47 Å². The number of aryl methyl sites for hydroxylation is 1. The zero-order chi connectivity index (χ0) is 35.2. The van der Waals surface area contributed by atoms with Crippen molar-refractivity contribution in [3.63, 3.8) is 0 Å². The van der Waals surface area contributed by atoms with Gasteiger partial charge >= 0.3 is 0 Å². The summed E-state index contributed by atoms with van der Waals surface area (Å²) in [7, 11) is -2.00. The first-order valence-corrected chi connectivity index (χ1v) is 19.8. The lowest BCUT2D eigenvalue weighted by molar-refractivity contribution is -0.145. The summed E-state index contributed by atoms with van der Waals surface area (Å²) in [6, 6.07) is 27.7. The van der Waals surface area contributed by atoms with Gasteiger partial charge in [-0.3, -0.25) is 23.7 Å². The molecule has 0 bridgehead atoms. The quantitative estimate of drug-likeness (QED) is 0.139. The molecule has 2 aromatic heterocycles. The van der Waals surface area contributed by atoms with E-state index in [0.29, 0.717) is 41.3 Å². The lowest BCUT2D eigenvalue weighted by Crippen LogP contribution is -2.44. The van der Waals surface area contributed by atoms with E-state index in [1.54, 1.807) is 53.3 Å². The molecule has 10 nitrogen and oxygen atoms in total. The smallest absolute Gasteiger partial charge is 0.297 e. The number of aliphatic hydroxyl groups is 1. The zero-order valence-electron chi connectivity index (χ0n) is 28.4. The molecule has 50 heavy (non-hydrogen) atoms. The Bertz CT molecular complexity index is 2070. The van der Waals surface area contributed by atoms with Gasteiger partial charge in [0.15, 0.2) is 11.4 Å². The second-order valence-corrected chi connectivity index (χ2v) is 17.3. The number of pyridine rings is 1. The van der Waals surface area contributed by atoms with Crippen molar-refractivity contribution < 1.29 is 23.5 Å². The maximum Gasteiger partial charge on any atom is 0.297 e. The Kier molecular flexibility index (Phi) is 8.79. The monoisotopic (exact) mass is 693 g/mol. The first-order chi connectivity index (χ1) is 24.1. The van der Waals surface area contributed by atoms with Gasteiger partial charge in [0.2, 0.25) is 8.41 Å². The van der Waals surface area contributed by atoms with Crippen LogP contribution in [0.2, 0.25) is 18.6 Å². The fraction of sp³-hybridized carbons (Fsp3) is 0.316. The predicted octanol–water partition coefficient (Wildman–Crippen LogP) is 6.11. The molecule has 5 aromatic rings. The lowest BCUT2D eigenvalue weighted by atomic mass is 9.82. The predicted molar refractivity (Wildman–Crippen MR) is 190 cm³/mol. The summed E-state index contributed by atoms with van der Waals surface area (Å²) in [6.45, 7) is 5.51. The van der Waals surface area contributed by atoms with Gasteiger partial charge in [0.05, 0.1) is 37.1 Å². The molecular formula is C38H40FN5O5Si. The number of hydrogen-bond acceptors (Lipinski definition) is 7. The minimum absolute atomic E-state index is 0.124. The summed E-state index contributed by atoms with van der Waals surface area (Å²) in [5.41, 5.74) is 1.61. The minimum atomic E-state index is -3.44. The third-order valence-electron chi connectivity index (χ3n) is 10.2. The van der Waals surface area contributed by atoms with Crippen LogP contribution in [0.1, 0.15) is 36.1 Å². The summed E-state index contributed by atoms with van der Waals surface area (Å²) in [4.78, 5) is 29.8. The highest BCUT2D eigenvalue weighted by molar-refractivity contribution is 6.72. The van der Waals surface area contributed by atoms with Gasteiger partial charge in [-0.15, -0.1) is 5.10 Å². The second kappa shape index (κ2) is 13.1. The molecule has 1 saturated heterocycles. The molecule has 7 rings (SSSR count). The number of ether oxygens (including phenoxy) is 2. The lowest BCUT2D eigenvalue weighted by Gasteiger charge is -2.31. The number of rotatable bonds is 10. The molecule has 0 saturated carbocycles. The topological polar surface area (TPSA) is 112 Å². The van der Waals surface area contributed by atoms with E-state index in [-0.39, 0.29) is 29.7 Å². The molecule has 2 aliphatic heterocycles. The van der Waals surface area contributed by atoms with Gasteiger partial charge < -0.3 is 18.7 Å². The number of methoxy groups -OCH3 is 1. The molecule has 258 valence electrons. The molecule has 1 amide bonds. The van der Waals surface area contributed by atoms with E-state index in [1.165, 1.54) is 11.7 Å². The van der Waals surface area contributed by atoms with Crippen molar-refractivity contribution in [3.05, 3.63) is 131 Å². The van der Waals surface area contributed by atoms with Crippen molar-refractivity contribution in [3.8, 4) is 11.4 Å². The molecule has 1 fully saturated rings. The first-order valence-electron chi connectivity index (χ1n) is 16.8. The van der Waals surface area contributed by atoms with Gasteiger partial charge in [-0.1, -0.05) is 60.7 Å². The maximum absolute atomic E-state index is 16.5. The highest BCUT2D eigenvalue weighted by Crippen LogP contribution is 2.61. The number of para-hydroxylation sites is 1. The van der Waals surface area contributed by atoms with E-state index < -0.39 is 31.6 Å². The minimum Gasteiger partial charge on any atom is -0.491 e. The third kappa shape index (κ3) is 5.57. The van der Waals surface area contributed by atoms with Crippen LogP contribution in [0.5, 0.6) is 5.75 Å². The molecule has 1 spiro atoms. The third-order valence-corrected chi connectivity index (χ3v) is 12.7. The molecule has 0 radical (unpaired) electrons. The standard InChI is InChI=1S/C38H40FN5O5Si/c1-25-35(50(3,4)39)33(19-21-42-23-31(40-41-42)29(24-45)26-12-7-5-8-13-26)49-38(25)30-22-28(43-20-11-16-34(48-2)36(43)46)17-18-32(30)44(37(38)47)27-14-9-6-10-15-27/h5-18,20,22-23,25,29,33,35,45H,19,21,24H2,1-4H3/t25-,29?,33+,35-,38+/m0/s1. The van der Waals surface area contributed by atoms with Crippen LogP contribution in [0.15, 0.2) is 108 Å². The summed E-state index contributed by atoms with van der Waals surface area (Å²) >= 11 is 0. The number of anilines is 2. The van der Waals surface area contributed by atoms with Gasteiger partial charge in [0.25, 0.3) is 11.5 Å². The highest BCUT2D eigenvalue weighted by Gasteiger charge is 2.67. The number of aliphatic hydroxyl groups excluding tert-OH is 1. The summed E-state index contributed by atoms with van der Waals surface area (Å²) in [5, 5.41) is 18.9. The Balaban J connectivity index is 1.28. The molecule has 2 aliphatic rings. The van der Waals surface area contributed by atoms with Crippen molar-refractivity contribution >= 4 is 25.7 Å². The molecule has 0 aliphatic carbocycles. The van der Waals surface area contributed by atoms with Crippen LogP contribution in [0.4, 0.5) is 15.5 Å². The largest absolute Gasteiger partial charge is 0.491 e. The summed E-state index contributed by atoms with van der Waals surface area (Å²) in [5.74, 6) is -0.960. The van der Waals surface area contributed by atoms with Gasteiger partial charge in [0, 0.05) is 47.3 Å². The zero-order valence-corrected chi connectivity index (χ0v) is 29.4. The molecule has 12 heteroatoms. The number of halogens is 1. The van der Waals surface area contributed by atoms with Gasteiger partial charge in [-0.25, -0.2) is 0 Å². The summed E-state index contributed by atoms with van der Waals surface area (Å²) in [6.07, 6.45) is 3.24. The Hall–Kier alpha value is -4.91. The average Bonchev–Trinajstić information content (AvgIpc) is 3.78. The SMILES string of the molecule is COc1cccn(-c2ccc3c(c2)[C@@]2(O[C@H](CCn4cc(C(CO)c5ccccc5)nn4)[C@@H]([Si](C)(C)F)[C@@H]2C)C(=O)N3c2ccccc2)c1=O. The Morgan fingerprint density at radius 1 is 1.00 bits per heavy atom. The van der Waals surface area contributed by atoms with E-state index in [0.717, 1.165) is 5.56 Å². The normalized spacial score (nSPS) is 22.2. The van der Waals surface area contributed by atoms with E-state index in [9.17, 15) is 14.7 Å². The fourth-order valence-corrected chi connectivity index (χ4v) is 10.5. The van der Waals surface area contributed by atoms with E-state index in [2.05, 4.69) is 10.3 Å². The van der Waals surface area contributed by atoms with Crippen LogP contribution in [0.3, 0.4) is 0 Å². The number of hydrogen-bond donors (Lipinski definition) is 1. The number of amides is 1. The van der Waals surface area contributed by atoms with Gasteiger partial charge in [0.1, 0.15) is 0 Å². The Morgan fingerprint density at radius 3 is 2.40 bits per heavy atom. The van der Waals surface area contributed by atoms with Crippen molar-refractivity contribution in [2.75, 3.05) is 18.6 Å². The van der Waals surface area contributed by atoms with Gasteiger partial charge in [-0.2, -0.15) is 0 Å². The van der Waals surface area contributed by atoms with Crippen LogP contribution in [-0.2, 0) is 21.7 Å². The highest BCUT2D eigenvalue weighted by atomic mass is 28.4. The van der Waals surface area contributed by atoms with Crippen LogP contribution >= 0.6 is 0 Å². The van der Waals surface area contributed by atoms with Gasteiger partial charge in [-0.05, 0) is 67.5 Å². The van der Waals surface area contributed by atoms with Crippen LogP contribution in [0, 0.1) is 5.92 Å². The number of carbonyl (C=O) groups is 1. The fourth-order valence-electron chi connectivity index (χ4n) is 7.94. The van der Waals surface area contributed by atoms with Crippen molar-refractivity contribution in [2.24, 2.45) is 5.92 Å². The molecule has 3 aromatic carbocycles. The Labute approximate surface area is 290 Å². The van der Waals surface area contributed by atoms with Crippen LogP contribution in [0.25, 0.3) is 5.69 Å². The van der Waals surface area contributed by atoms with Crippen LogP contribution in [-0.4, -0.2) is 58.8 Å². The molecule has 5 atom stereocenters. The molecule has 1 unspecified atom stereocenters. The molecule has 4 heterocycles. The number of nitrogens with zero attached hydrogens (tertiary/aromatic N) is 5. The van der Waals surface area contributed by atoms with Crippen molar-refractivity contribution in [2.45, 2.75) is 56.1 Å². The Morgan fingerprint density at radius 2 is 1.72 bits per heavy atom. The number of fused-ring (bicyclic) bond motifs is 2. The summed E-state index contributed by atoms with van der Waals surface area (Å²) < 4.78 is 32.0. The van der Waals surface area contributed by atoms with E-state index in [1.807, 2.05) is 79.7 Å². The number of benzene rings is 3. The molecular weight excluding hydrogens is 654 g/mol.